The highest BCUT2D eigenvalue weighted by molar-refractivity contribution is 6.51. The Labute approximate surface area is 184 Å². The van der Waals surface area contributed by atoms with Gasteiger partial charge in [0.15, 0.2) is 0 Å². The summed E-state index contributed by atoms with van der Waals surface area (Å²) in [5.74, 6) is -0.874. The number of aryl methyl sites for hydroxylation is 1. The summed E-state index contributed by atoms with van der Waals surface area (Å²) in [6.07, 6.45) is 1.45. The maximum absolute atomic E-state index is 13.0. The van der Waals surface area contributed by atoms with E-state index in [9.17, 15) is 14.7 Å². The molecule has 1 aromatic heterocycles. The van der Waals surface area contributed by atoms with Crippen molar-refractivity contribution < 1.29 is 23.8 Å². The van der Waals surface area contributed by atoms with Gasteiger partial charge in [0.05, 0.1) is 18.4 Å². The molecule has 7 heteroatoms. The Morgan fingerprint density at radius 1 is 1.16 bits per heavy atom. The number of rotatable bonds is 5. The zero-order chi connectivity index (χ0) is 22.1. The number of anilines is 1. The molecule has 1 aliphatic rings. The largest absolute Gasteiger partial charge is 0.507 e. The zero-order valence-corrected chi connectivity index (χ0v) is 17.7. The average Bonchev–Trinajstić information content (AvgIpc) is 3.38. The first-order chi connectivity index (χ1) is 14.9. The third kappa shape index (κ3) is 3.70. The summed E-state index contributed by atoms with van der Waals surface area (Å²) in [5, 5.41) is 11.5. The quantitative estimate of drug-likeness (QED) is 0.334. The number of halogens is 1. The Kier molecular flexibility index (Phi) is 5.57. The van der Waals surface area contributed by atoms with E-state index in [0.717, 1.165) is 5.56 Å². The monoisotopic (exact) mass is 437 g/mol. The van der Waals surface area contributed by atoms with Crippen LogP contribution in [0.25, 0.3) is 5.76 Å². The number of ketones is 1. The molecule has 2 aromatic carbocycles. The zero-order valence-electron chi connectivity index (χ0n) is 17.0. The lowest BCUT2D eigenvalue weighted by Gasteiger charge is -2.23. The lowest BCUT2D eigenvalue weighted by Crippen LogP contribution is -2.29. The van der Waals surface area contributed by atoms with Crippen molar-refractivity contribution in [1.29, 1.82) is 0 Å². The predicted octanol–water partition coefficient (Wildman–Crippen LogP) is 5.27. The average molecular weight is 438 g/mol. The fourth-order valence-corrected chi connectivity index (χ4v) is 3.75. The van der Waals surface area contributed by atoms with Crippen LogP contribution >= 0.6 is 11.6 Å². The lowest BCUT2D eigenvalue weighted by molar-refractivity contribution is -0.132. The first kappa shape index (κ1) is 20.8. The molecule has 1 saturated heterocycles. The van der Waals surface area contributed by atoms with Gasteiger partial charge in [-0.15, -0.1) is 0 Å². The molecule has 2 heterocycles. The highest BCUT2D eigenvalue weighted by Crippen LogP contribution is 2.43. The van der Waals surface area contributed by atoms with Crippen LogP contribution in [0.1, 0.15) is 29.9 Å². The fourth-order valence-electron chi connectivity index (χ4n) is 3.58. The fraction of sp³-hybridized carbons (Fsp3) is 0.167. The number of aliphatic hydroxyl groups excluding tert-OH is 1. The van der Waals surface area contributed by atoms with Gasteiger partial charge < -0.3 is 14.3 Å². The number of carbonyl (C=O) groups is 2. The lowest BCUT2D eigenvalue weighted by atomic mass is 9.99. The van der Waals surface area contributed by atoms with E-state index in [-0.39, 0.29) is 11.3 Å². The second-order valence-electron chi connectivity index (χ2n) is 7.08. The second-order valence-corrected chi connectivity index (χ2v) is 7.48. The van der Waals surface area contributed by atoms with E-state index in [4.69, 9.17) is 20.8 Å². The van der Waals surface area contributed by atoms with Crippen LogP contribution < -0.4 is 9.64 Å². The molecule has 6 nitrogen and oxygen atoms in total. The van der Waals surface area contributed by atoms with Gasteiger partial charge in [0.25, 0.3) is 11.7 Å². The number of ether oxygens (including phenoxy) is 1. The van der Waals surface area contributed by atoms with E-state index >= 15 is 0 Å². The van der Waals surface area contributed by atoms with Gasteiger partial charge in [0.2, 0.25) is 0 Å². The second kappa shape index (κ2) is 8.32. The van der Waals surface area contributed by atoms with Gasteiger partial charge in [-0.05, 0) is 67.9 Å². The molecule has 1 N–H and O–H groups in total. The van der Waals surface area contributed by atoms with Crippen LogP contribution in [-0.2, 0) is 9.59 Å². The smallest absolute Gasteiger partial charge is 0.300 e. The van der Waals surface area contributed by atoms with Crippen molar-refractivity contribution in [3.63, 3.8) is 0 Å². The first-order valence-electron chi connectivity index (χ1n) is 9.76. The Morgan fingerprint density at radius 2 is 1.90 bits per heavy atom. The van der Waals surface area contributed by atoms with Gasteiger partial charge in [-0.3, -0.25) is 14.5 Å². The number of hydrogen-bond donors (Lipinski definition) is 1. The number of hydrogen-bond acceptors (Lipinski definition) is 5. The molecular weight excluding hydrogens is 418 g/mol. The van der Waals surface area contributed by atoms with Crippen LogP contribution in [0.4, 0.5) is 5.69 Å². The molecule has 158 valence electrons. The maximum Gasteiger partial charge on any atom is 0.300 e. The van der Waals surface area contributed by atoms with Crippen molar-refractivity contribution in [1.82, 2.24) is 0 Å². The molecule has 0 spiro atoms. The van der Waals surface area contributed by atoms with E-state index in [1.807, 2.05) is 13.8 Å². The number of amides is 1. The Balaban J connectivity index is 1.86. The standard InChI is InChI=1S/C24H20ClNO5/c1-3-30-17-10-7-15(8-11-17)22(27)20-21(19-5-4-12-31-19)26(24(29)23(20)28)16-9-6-14(2)18(25)13-16/h4-13,21,27H,3H2,1-2H3/b22-20-. The molecule has 4 rings (SSSR count). The van der Waals surface area contributed by atoms with Crippen molar-refractivity contribution in [2.75, 3.05) is 11.5 Å². The predicted molar refractivity (Wildman–Crippen MR) is 117 cm³/mol. The summed E-state index contributed by atoms with van der Waals surface area (Å²) in [4.78, 5) is 27.3. The number of furan rings is 1. The minimum absolute atomic E-state index is 0.0548. The SMILES string of the molecule is CCOc1ccc(/C(O)=C2/C(=O)C(=O)N(c3ccc(C)c(Cl)c3)C2c2ccco2)cc1. The van der Waals surface area contributed by atoms with E-state index in [1.165, 1.54) is 11.2 Å². The minimum Gasteiger partial charge on any atom is -0.507 e. The molecule has 3 aromatic rings. The summed E-state index contributed by atoms with van der Waals surface area (Å²) >= 11 is 6.26. The van der Waals surface area contributed by atoms with Gasteiger partial charge in [0.1, 0.15) is 23.3 Å². The minimum atomic E-state index is -0.930. The van der Waals surface area contributed by atoms with Crippen molar-refractivity contribution >= 4 is 34.7 Å². The molecule has 1 aliphatic heterocycles. The van der Waals surface area contributed by atoms with Gasteiger partial charge in [0, 0.05) is 16.3 Å². The molecule has 1 unspecified atom stereocenters. The van der Waals surface area contributed by atoms with Crippen LogP contribution in [-0.4, -0.2) is 23.4 Å². The molecule has 1 amide bonds. The summed E-state index contributed by atoms with van der Waals surface area (Å²) in [6, 6.07) is 14.1. The Hall–Kier alpha value is -3.51. The summed E-state index contributed by atoms with van der Waals surface area (Å²) in [7, 11) is 0. The van der Waals surface area contributed by atoms with Crippen molar-refractivity contribution in [2.24, 2.45) is 0 Å². The van der Waals surface area contributed by atoms with E-state index in [1.54, 1.807) is 54.6 Å². The number of benzene rings is 2. The van der Waals surface area contributed by atoms with Crippen LogP contribution in [0.15, 0.2) is 70.9 Å². The highest BCUT2D eigenvalue weighted by atomic mass is 35.5. The summed E-state index contributed by atoms with van der Waals surface area (Å²) < 4.78 is 11.0. The maximum atomic E-state index is 13.0. The molecular formula is C24H20ClNO5. The molecule has 31 heavy (non-hydrogen) atoms. The third-order valence-electron chi connectivity index (χ3n) is 5.13. The van der Waals surface area contributed by atoms with Crippen molar-refractivity contribution in [3.05, 3.63) is 88.3 Å². The molecule has 0 saturated carbocycles. The van der Waals surface area contributed by atoms with Crippen LogP contribution in [0, 0.1) is 6.92 Å². The summed E-state index contributed by atoms with van der Waals surface area (Å²) in [5.41, 5.74) is 1.61. The molecule has 0 radical (unpaired) electrons. The van der Waals surface area contributed by atoms with Gasteiger partial charge in [-0.2, -0.15) is 0 Å². The molecule has 0 bridgehead atoms. The van der Waals surface area contributed by atoms with Crippen LogP contribution in [0.5, 0.6) is 5.75 Å². The first-order valence-corrected chi connectivity index (χ1v) is 10.1. The van der Waals surface area contributed by atoms with Gasteiger partial charge in [-0.25, -0.2) is 0 Å². The van der Waals surface area contributed by atoms with E-state index < -0.39 is 17.7 Å². The summed E-state index contributed by atoms with van der Waals surface area (Å²) in [6.45, 7) is 4.22. The van der Waals surface area contributed by atoms with Crippen molar-refractivity contribution in [2.45, 2.75) is 19.9 Å². The highest BCUT2D eigenvalue weighted by Gasteiger charge is 2.48. The third-order valence-corrected chi connectivity index (χ3v) is 5.54. The van der Waals surface area contributed by atoms with E-state index in [0.29, 0.717) is 34.4 Å². The Morgan fingerprint density at radius 3 is 2.52 bits per heavy atom. The van der Waals surface area contributed by atoms with Crippen molar-refractivity contribution in [3.8, 4) is 5.75 Å². The normalized spacial score (nSPS) is 17.9. The number of aliphatic hydroxyl groups is 1. The van der Waals surface area contributed by atoms with Crippen LogP contribution in [0.3, 0.4) is 0 Å². The van der Waals surface area contributed by atoms with Crippen LogP contribution in [0.2, 0.25) is 5.02 Å². The van der Waals surface area contributed by atoms with Gasteiger partial charge >= 0.3 is 0 Å². The molecule has 1 fully saturated rings. The Bertz CT molecular complexity index is 1170. The number of Topliss-reactive ketones (excluding diaryl/α,β-unsaturated/α-hetero) is 1. The topological polar surface area (TPSA) is 80.0 Å². The molecule has 1 atom stereocenters. The number of nitrogens with zero attached hydrogens (tertiary/aromatic N) is 1. The number of carbonyl (C=O) groups excluding carboxylic acids is 2. The van der Waals surface area contributed by atoms with E-state index in [2.05, 4.69) is 0 Å². The molecule has 0 aliphatic carbocycles. The van der Waals surface area contributed by atoms with Gasteiger partial charge in [-0.1, -0.05) is 17.7 Å².